The van der Waals surface area contributed by atoms with Crippen LogP contribution in [0.25, 0.3) is 126 Å². The number of nitriles is 1. The van der Waals surface area contributed by atoms with E-state index >= 15 is 0 Å². The van der Waals surface area contributed by atoms with Crippen molar-refractivity contribution in [1.82, 2.24) is 8.80 Å². The van der Waals surface area contributed by atoms with Gasteiger partial charge in [-0.05, 0) is 189 Å². The molecule has 4 aromatic heterocycles. The molecule has 0 saturated carbocycles. The maximum Gasteiger partial charge on any atom is 0.194 e. The van der Waals surface area contributed by atoms with E-state index in [1.807, 2.05) is 0 Å². The molecule has 0 unspecified atom stereocenters. The Morgan fingerprint density at radius 3 is 1.12 bits per heavy atom. The second-order valence-electron chi connectivity index (χ2n) is 31.5. The first-order chi connectivity index (χ1) is 47.8. The Hall–Kier alpha value is -11.6. The quantitative estimate of drug-likeness (QED) is 0.139. The lowest BCUT2D eigenvalue weighted by molar-refractivity contribution is 0.515. The number of benzene rings is 13. The highest BCUT2D eigenvalue weighted by molar-refractivity contribution is 6.39. The minimum absolute atomic E-state index is 0.0811. The van der Waals surface area contributed by atoms with E-state index in [1.165, 1.54) is 171 Å². The number of fused-ring (bicyclic) bond motifs is 41. The molecular formula is C94H62N4. The molecule has 6 aliphatic carbocycles. The highest BCUT2D eigenvalue weighted by Gasteiger charge is 2.65. The molecule has 98 heavy (non-hydrogen) atoms. The van der Waals surface area contributed by atoms with Gasteiger partial charge in [-0.1, -0.05) is 242 Å². The average Bonchev–Trinajstić information content (AvgIpc) is 1.46. The average molecular weight is 1250 g/mol. The van der Waals surface area contributed by atoms with Crippen LogP contribution >= 0.6 is 0 Å². The molecule has 0 aliphatic heterocycles. The first-order valence-electron chi connectivity index (χ1n) is 34.9. The van der Waals surface area contributed by atoms with E-state index in [0.29, 0.717) is 24.1 Å². The number of aromatic nitrogens is 2. The number of rotatable bonds is 0. The van der Waals surface area contributed by atoms with Crippen LogP contribution in [0.2, 0.25) is 0 Å². The Kier molecular flexibility index (Phi) is 9.39. The van der Waals surface area contributed by atoms with E-state index in [9.17, 15) is 11.8 Å². The van der Waals surface area contributed by atoms with Gasteiger partial charge in [0.25, 0.3) is 0 Å². The molecule has 4 heteroatoms. The molecule has 4 nitrogen and oxygen atoms in total. The van der Waals surface area contributed by atoms with E-state index in [4.69, 9.17) is 4.85 Å². The second kappa shape index (κ2) is 17.2. The van der Waals surface area contributed by atoms with Crippen LogP contribution in [0, 0.1) is 17.9 Å². The molecule has 17 aromatic rings. The van der Waals surface area contributed by atoms with Crippen LogP contribution in [-0.2, 0) is 32.5 Å². The molecule has 0 bridgehead atoms. The van der Waals surface area contributed by atoms with Gasteiger partial charge in [0.05, 0.1) is 45.8 Å². The van der Waals surface area contributed by atoms with E-state index < -0.39 is 21.7 Å². The molecule has 6 aliphatic rings. The summed E-state index contributed by atoms with van der Waals surface area (Å²) in [4.78, 5) is 4.91. The van der Waals surface area contributed by atoms with Crippen molar-refractivity contribution in [1.29, 1.82) is 5.26 Å². The first-order valence-corrected chi connectivity index (χ1v) is 34.9. The lowest BCUT2D eigenvalue weighted by Gasteiger charge is -2.34. The highest BCUT2D eigenvalue weighted by atomic mass is 15.0. The van der Waals surface area contributed by atoms with E-state index in [0.717, 1.165) is 27.7 Å². The zero-order valence-corrected chi connectivity index (χ0v) is 55.3. The van der Waals surface area contributed by atoms with Crippen LogP contribution in [0.1, 0.15) is 138 Å². The van der Waals surface area contributed by atoms with Gasteiger partial charge in [-0.2, -0.15) is 5.26 Å². The Balaban J connectivity index is 1.02. The zero-order chi connectivity index (χ0) is 65.2. The van der Waals surface area contributed by atoms with E-state index in [2.05, 4.69) is 299 Å². The van der Waals surface area contributed by atoms with Crippen LogP contribution < -0.4 is 0 Å². The minimum Gasteiger partial charge on any atom is -0.309 e. The molecule has 458 valence electrons. The molecule has 0 N–H and O–H groups in total. The Morgan fingerprint density at radius 1 is 0.337 bits per heavy atom. The molecule has 0 radical (unpaired) electrons. The lowest BCUT2D eigenvalue weighted by atomic mass is 9.67. The Morgan fingerprint density at radius 2 is 0.694 bits per heavy atom. The fourth-order valence-corrected chi connectivity index (χ4v) is 22.0. The van der Waals surface area contributed by atoms with Gasteiger partial charge >= 0.3 is 0 Å². The van der Waals surface area contributed by atoms with Crippen molar-refractivity contribution in [2.45, 2.75) is 86.9 Å². The summed E-state index contributed by atoms with van der Waals surface area (Å²) in [6.07, 6.45) is 1.40. The molecule has 0 fully saturated rings. The topological polar surface area (TPSA) is 37.0 Å². The molecule has 0 amide bonds. The third-order valence-corrected chi connectivity index (χ3v) is 25.5. The van der Waals surface area contributed by atoms with Crippen LogP contribution in [0.5, 0.6) is 0 Å². The smallest absolute Gasteiger partial charge is 0.194 e. The van der Waals surface area contributed by atoms with Crippen LogP contribution in [0.4, 0.5) is 5.69 Å². The Bertz CT molecular complexity index is 6560. The molecule has 23 rings (SSSR count). The van der Waals surface area contributed by atoms with Gasteiger partial charge in [0, 0.05) is 70.3 Å². The van der Waals surface area contributed by atoms with Gasteiger partial charge in [-0.15, -0.1) is 0 Å². The first kappa shape index (κ1) is 53.7. The minimum atomic E-state index is -0.745. The summed E-state index contributed by atoms with van der Waals surface area (Å²) < 4.78 is 5.26. The largest absolute Gasteiger partial charge is 0.309 e. The molecule has 0 saturated heterocycles. The summed E-state index contributed by atoms with van der Waals surface area (Å²) in [6, 6.07) is 96.1. The van der Waals surface area contributed by atoms with Crippen molar-refractivity contribution >= 4 is 81.9 Å². The summed E-state index contributed by atoms with van der Waals surface area (Å²) in [6.45, 7) is 24.0. The van der Waals surface area contributed by atoms with Gasteiger partial charge in [0.15, 0.2) is 5.69 Å². The summed E-state index contributed by atoms with van der Waals surface area (Å²) in [5.74, 6) is 0. The molecule has 0 atom stereocenters. The van der Waals surface area contributed by atoms with Gasteiger partial charge < -0.3 is 8.80 Å². The summed E-state index contributed by atoms with van der Waals surface area (Å²) >= 11 is 0. The fourth-order valence-electron chi connectivity index (χ4n) is 22.0. The van der Waals surface area contributed by atoms with Gasteiger partial charge in [-0.3, -0.25) is 0 Å². The van der Waals surface area contributed by atoms with Crippen LogP contribution in [0.15, 0.2) is 243 Å². The third kappa shape index (κ3) is 5.69. The van der Waals surface area contributed by atoms with Crippen LogP contribution in [-0.4, -0.2) is 8.80 Å². The zero-order valence-electron chi connectivity index (χ0n) is 55.3. The maximum atomic E-state index is 12.7. The third-order valence-electron chi connectivity index (χ3n) is 25.5. The van der Waals surface area contributed by atoms with Crippen molar-refractivity contribution in [3.05, 3.63) is 338 Å². The van der Waals surface area contributed by atoms with Crippen molar-refractivity contribution in [2.24, 2.45) is 0 Å². The summed E-state index contributed by atoms with van der Waals surface area (Å²) in [5.41, 5.74) is 32.2. The van der Waals surface area contributed by atoms with Gasteiger partial charge in [0.2, 0.25) is 0 Å². The normalized spacial score (nSPS) is 16.3. The standard InChI is InChI=1S/C94H62N4/c1-89(2,3)52-40-41-75-62(43-52)63-44-53(90(4,5)6)45-64-79-77(97(75)87(63)64)46-65-80-78(47-74(96-7)84-85(80)93(70-36-20-12-28-58(70)59-29-13-21-37-71(59)93)50-92(84)68-34-18-10-26-56(68)57-27-11-19-35-69(57)92)98-76-42-51(48-95)83-86(81(76)82(79)88(65)98)94(72-38-22-14-30-60(72)61-31-15-23-39-73(61)94)49-91(83)66-32-16-8-24-54(66)55-25-9-17-33-67(55)91/h8-47H,49-50H2,1-6H3. The molecule has 13 aromatic carbocycles. The molecule has 4 heterocycles. The predicted octanol–water partition coefficient (Wildman–Crippen LogP) is 23.1. The van der Waals surface area contributed by atoms with Crippen molar-refractivity contribution in [3.8, 4) is 50.6 Å². The van der Waals surface area contributed by atoms with E-state index in [1.54, 1.807) is 0 Å². The maximum absolute atomic E-state index is 12.7. The molecule has 4 spiro atoms. The number of hydrogen-bond acceptors (Lipinski definition) is 1. The highest BCUT2D eigenvalue weighted by Crippen LogP contribution is 2.75. The van der Waals surface area contributed by atoms with Gasteiger partial charge in [-0.25, -0.2) is 4.85 Å². The van der Waals surface area contributed by atoms with Crippen LogP contribution in [0.3, 0.4) is 0 Å². The monoisotopic (exact) mass is 1250 g/mol. The fraction of sp³-hybridized carbons (Fsp3) is 0.149. The van der Waals surface area contributed by atoms with Crippen molar-refractivity contribution < 1.29 is 0 Å². The van der Waals surface area contributed by atoms with Gasteiger partial charge in [0.1, 0.15) is 0 Å². The Labute approximate surface area is 567 Å². The molecular weight excluding hydrogens is 1190 g/mol. The SMILES string of the molecule is [C-]#[N+]c1cc2c(c3c1C1(CC34c3ccccc3-c3ccccc34)c3ccccc3-c3ccccc31)c1cc3c(c4cc(C(C)(C)C)cc5c6cc(C(C)(C)C)ccc6n3c54)c3c4c5c(c(C#N)cc4n2c13)C1(CC52c3ccccc3-c3ccccc32)c2ccccc2-c2ccccc21. The number of nitrogens with zero attached hydrogens (tertiary/aromatic N) is 4. The summed E-state index contributed by atoms with van der Waals surface area (Å²) in [7, 11) is 0. The number of hydrogen-bond donors (Lipinski definition) is 0. The van der Waals surface area contributed by atoms with Crippen molar-refractivity contribution in [2.75, 3.05) is 0 Å². The van der Waals surface area contributed by atoms with Crippen molar-refractivity contribution in [3.63, 3.8) is 0 Å². The second-order valence-corrected chi connectivity index (χ2v) is 31.5. The summed E-state index contributed by atoms with van der Waals surface area (Å²) in [5, 5.41) is 22.4. The predicted molar refractivity (Wildman–Crippen MR) is 400 cm³/mol. The van der Waals surface area contributed by atoms with E-state index in [-0.39, 0.29) is 10.8 Å². The lowest BCUT2D eigenvalue weighted by Crippen LogP contribution is -2.30.